The van der Waals surface area contributed by atoms with E-state index < -0.39 is 5.60 Å². The van der Waals surface area contributed by atoms with E-state index in [9.17, 15) is 4.79 Å². The number of anilines is 1. The molecule has 0 unspecified atom stereocenters. The van der Waals surface area contributed by atoms with Crippen molar-refractivity contribution in [2.45, 2.75) is 44.9 Å². The van der Waals surface area contributed by atoms with E-state index in [4.69, 9.17) is 21.1 Å². The number of methoxy groups -OCH3 is 1. The van der Waals surface area contributed by atoms with Crippen molar-refractivity contribution >= 4 is 23.4 Å². The molecule has 3 heterocycles. The Hall–Kier alpha value is -1.69. The zero-order valence-electron chi connectivity index (χ0n) is 13.9. The molecule has 126 valence electrons. The van der Waals surface area contributed by atoms with Crippen LogP contribution < -0.4 is 9.64 Å². The second kappa shape index (κ2) is 5.74. The third-order valence-corrected chi connectivity index (χ3v) is 4.50. The van der Waals surface area contributed by atoms with Gasteiger partial charge < -0.3 is 19.3 Å². The van der Waals surface area contributed by atoms with E-state index in [2.05, 4.69) is 9.88 Å². The number of likely N-dealkylation sites (tertiary alicyclic amines) is 1. The number of pyridine rings is 1. The Morgan fingerprint density at radius 1 is 1.35 bits per heavy atom. The lowest BCUT2D eigenvalue weighted by Gasteiger charge is -2.36. The number of carbonyl (C=O) groups excluding carboxylic acids is 1. The average Bonchev–Trinajstić information content (AvgIpc) is 3.06. The summed E-state index contributed by atoms with van der Waals surface area (Å²) in [5, 5.41) is 0.357. The lowest BCUT2D eigenvalue weighted by molar-refractivity contribution is 0.0214. The van der Waals surface area contributed by atoms with Crippen LogP contribution in [0.15, 0.2) is 12.3 Å². The van der Waals surface area contributed by atoms with Gasteiger partial charge in [-0.3, -0.25) is 0 Å². The molecular formula is C16H22ClN3O3. The van der Waals surface area contributed by atoms with Crippen LogP contribution in [0.1, 0.15) is 27.2 Å². The molecule has 0 saturated carbocycles. The van der Waals surface area contributed by atoms with E-state index in [1.807, 2.05) is 31.7 Å². The van der Waals surface area contributed by atoms with Crippen LogP contribution in [-0.4, -0.2) is 53.9 Å². The third kappa shape index (κ3) is 3.17. The number of halogens is 1. The van der Waals surface area contributed by atoms with E-state index in [0.29, 0.717) is 17.4 Å². The van der Waals surface area contributed by atoms with Crippen LogP contribution in [0.4, 0.5) is 10.5 Å². The number of hydrogen-bond donors (Lipinski definition) is 0. The molecule has 1 aromatic heterocycles. The topological polar surface area (TPSA) is 54.9 Å². The zero-order chi connectivity index (χ0) is 16.8. The Bertz CT molecular complexity index is 617. The van der Waals surface area contributed by atoms with Crippen molar-refractivity contribution in [3.05, 3.63) is 17.4 Å². The van der Waals surface area contributed by atoms with Crippen molar-refractivity contribution in [3.8, 4) is 5.75 Å². The molecule has 2 atom stereocenters. The van der Waals surface area contributed by atoms with Crippen LogP contribution in [0.25, 0.3) is 0 Å². The molecule has 2 saturated heterocycles. The molecule has 2 fully saturated rings. The first-order valence-corrected chi connectivity index (χ1v) is 8.12. The maximum atomic E-state index is 12.3. The van der Waals surface area contributed by atoms with E-state index in [1.54, 1.807) is 13.3 Å². The minimum absolute atomic E-state index is 0.177. The molecule has 2 aliphatic rings. The molecule has 3 rings (SSSR count). The van der Waals surface area contributed by atoms with Gasteiger partial charge in [0.1, 0.15) is 5.60 Å². The first-order valence-electron chi connectivity index (χ1n) is 7.74. The highest BCUT2D eigenvalue weighted by molar-refractivity contribution is 6.30. The molecule has 23 heavy (non-hydrogen) atoms. The van der Waals surface area contributed by atoms with Gasteiger partial charge in [0.25, 0.3) is 0 Å². The molecule has 0 aliphatic carbocycles. The lowest BCUT2D eigenvalue weighted by Crippen LogP contribution is -2.50. The predicted octanol–water partition coefficient (Wildman–Crippen LogP) is 2.94. The Balaban J connectivity index is 1.70. The Morgan fingerprint density at radius 3 is 2.65 bits per heavy atom. The van der Waals surface area contributed by atoms with Crippen LogP contribution in [0, 0.1) is 0 Å². The van der Waals surface area contributed by atoms with Crippen LogP contribution >= 0.6 is 11.6 Å². The number of piperazine rings is 1. The molecule has 2 aliphatic heterocycles. The highest BCUT2D eigenvalue weighted by Gasteiger charge is 2.46. The Kier molecular flexibility index (Phi) is 4.04. The van der Waals surface area contributed by atoms with Crippen LogP contribution in [0.2, 0.25) is 5.15 Å². The number of amides is 1. The summed E-state index contributed by atoms with van der Waals surface area (Å²) in [6.45, 7) is 7.10. The summed E-state index contributed by atoms with van der Waals surface area (Å²) < 4.78 is 10.7. The summed E-state index contributed by atoms with van der Waals surface area (Å²) in [5.74, 6) is 0.566. The number of hydrogen-bond acceptors (Lipinski definition) is 5. The molecule has 0 radical (unpaired) electrons. The number of rotatable bonds is 2. The molecule has 6 nitrogen and oxygen atoms in total. The minimum atomic E-state index is -0.466. The lowest BCUT2D eigenvalue weighted by atomic mass is 10.2. The second-order valence-corrected chi connectivity index (χ2v) is 7.37. The van der Waals surface area contributed by atoms with Crippen LogP contribution in [0.3, 0.4) is 0 Å². The van der Waals surface area contributed by atoms with Gasteiger partial charge in [0, 0.05) is 25.2 Å². The maximum absolute atomic E-state index is 12.3. The van der Waals surface area contributed by atoms with Crippen molar-refractivity contribution < 1.29 is 14.3 Å². The Labute approximate surface area is 141 Å². The SMILES string of the molecule is COc1cc(N2C[C@H]3C[C@@H]2CN3C(=O)OC(C)(C)C)cnc1Cl. The summed E-state index contributed by atoms with van der Waals surface area (Å²) in [7, 11) is 1.58. The first-order chi connectivity index (χ1) is 10.8. The van der Waals surface area contributed by atoms with Crippen LogP contribution in [0.5, 0.6) is 5.75 Å². The van der Waals surface area contributed by atoms with Crippen molar-refractivity contribution in [1.82, 2.24) is 9.88 Å². The molecule has 0 aromatic carbocycles. The number of nitrogens with zero attached hydrogens (tertiary/aromatic N) is 3. The van der Waals surface area contributed by atoms with E-state index in [0.717, 1.165) is 18.7 Å². The molecule has 2 bridgehead atoms. The van der Waals surface area contributed by atoms with Crippen molar-refractivity contribution in [2.75, 3.05) is 25.1 Å². The van der Waals surface area contributed by atoms with Gasteiger partial charge in [-0.25, -0.2) is 9.78 Å². The van der Waals surface area contributed by atoms with Crippen molar-refractivity contribution in [2.24, 2.45) is 0 Å². The van der Waals surface area contributed by atoms with Gasteiger partial charge in [-0.15, -0.1) is 0 Å². The van der Waals surface area contributed by atoms with Gasteiger partial charge in [0.15, 0.2) is 10.9 Å². The summed E-state index contributed by atoms with van der Waals surface area (Å²) in [5.41, 5.74) is 0.508. The fourth-order valence-electron chi connectivity index (χ4n) is 3.25. The maximum Gasteiger partial charge on any atom is 0.410 e. The van der Waals surface area contributed by atoms with Gasteiger partial charge in [-0.1, -0.05) is 11.6 Å². The van der Waals surface area contributed by atoms with Gasteiger partial charge in [0.2, 0.25) is 0 Å². The van der Waals surface area contributed by atoms with Gasteiger partial charge >= 0.3 is 6.09 Å². The van der Waals surface area contributed by atoms with E-state index >= 15 is 0 Å². The predicted molar refractivity (Wildman–Crippen MR) is 88.3 cm³/mol. The fourth-order valence-corrected chi connectivity index (χ4v) is 3.43. The molecule has 1 amide bonds. The molecule has 1 aromatic rings. The second-order valence-electron chi connectivity index (χ2n) is 7.02. The van der Waals surface area contributed by atoms with E-state index in [-0.39, 0.29) is 18.2 Å². The fraction of sp³-hybridized carbons (Fsp3) is 0.625. The van der Waals surface area contributed by atoms with Gasteiger partial charge in [-0.2, -0.15) is 0 Å². The summed E-state index contributed by atoms with van der Waals surface area (Å²) >= 11 is 5.98. The normalized spacial score (nSPS) is 23.3. The number of ether oxygens (including phenoxy) is 2. The first kappa shape index (κ1) is 16.2. The minimum Gasteiger partial charge on any atom is -0.493 e. The quantitative estimate of drug-likeness (QED) is 0.775. The van der Waals surface area contributed by atoms with Crippen molar-refractivity contribution in [1.29, 1.82) is 0 Å². The van der Waals surface area contributed by atoms with Crippen molar-refractivity contribution in [3.63, 3.8) is 0 Å². The number of fused-ring (bicyclic) bond motifs is 2. The highest BCUT2D eigenvalue weighted by Crippen LogP contribution is 2.37. The van der Waals surface area contributed by atoms with E-state index in [1.165, 1.54) is 0 Å². The third-order valence-electron chi connectivity index (χ3n) is 4.21. The number of aromatic nitrogens is 1. The zero-order valence-corrected chi connectivity index (χ0v) is 14.6. The molecule has 7 heteroatoms. The summed E-state index contributed by atoms with van der Waals surface area (Å²) in [6, 6.07) is 2.35. The van der Waals surface area contributed by atoms with Gasteiger partial charge in [-0.05, 0) is 27.2 Å². The summed E-state index contributed by atoms with van der Waals surface area (Å²) in [6.07, 6.45) is 2.48. The molecule has 0 N–H and O–H groups in total. The molecule has 0 spiro atoms. The largest absolute Gasteiger partial charge is 0.493 e. The number of carbonyl (C=O) groups is 1. The highest BCUT2D eigenvalue weighted by atomic mass is 35.5. The van der Waals surface area contributed by atoms with Crippen LogP contribution in [-0.2, 0) is 4.74 Å². The van der Waals surface area contributed by atoms with Gasteiger partial charge in [0.05, 0.1) is 25.0 Å². The average molecular weight is 340 g/mol. The summed E-state index contributed by atoms with van der Waals surface area (Å²) in [4.78, 5) is 20.6. The Morgan fingerprint density at radius 2 is 2.09 bits per heavy atom. The smallest absolute Gasteiger partial charge is 0.410 e. The standard InChI is InChI=1S/C16H22ClN3O3/c1-16(2,3)23-15(21)20-9-11-5-12(20)8-19(11)10-6-13(22-4)14(17)18-7-10/h6-7,11-12H,5,8-9H2,1-4H3/t11-,12-/m1/s1. The molecular weight excluding hydrogens is 318 g/mol. The monoisotopic (exact) mass is 339 g/mol.